The molecule has 0 aromatic carbocycles. The monoisotopic (exact) mass is 269 g/mol. The van der Waals surface area contributed by atoms with Gasteiger partial charge in [0.05, 0.1) is 5.02 Å². The highest BCUT2D eigenvalue weighted by molar-refractivity contribution is 9.10. The first-order valence-electron chi connectivity index (χ1n) is 3.15. The second kappa shape index (κ2) is 4.11. The molecular formula is C7H3BrClF2NO. The third-order valence-electron chi connectivity index (χ3n) is 1.30. The molecule has 70 valence electrons. The minimum absolute atomic E-state index is 0.0475. The molecule has 0 aliphatic rings. The summed E-state index contributed by atoms with van der Waals surface area (Å²) in [5.74, 6) is 0. The summed E-state index contributed by atoms with van der Waals surface area (Å²) in [7, 11) is 0. The zero-order valence-electron chi connectivity index (χ0n) is 6.10. The fourth-order valence-corrected chi connectivity index (χ4v) is 1.55. The van der Waals surface area contributed by atoms with E-state index in [9.17, 15) is 13.6 Å². The van der Waals surface area contributed by atoms with Crippen molar-refractivity contribution in [3.63, 3.8) is 0 Å². The van der Waals surface area contributed by atoms with Crippen LogP contribution in [0.1, 0.15) is 22.6 Å². The minimum Gasteiger partial charge on any atom is -0.296 e. The van der Waals surface area contributed by atoms with Crippen molar-refractivity contribution in [2.24, 2.45) is 0 Å². The Morgan fingerprint density at radius 3 is 2.69 bits per heavy atom. The highest BCUT2D eigenvalue weighted by atomic mass is 79.9. The van der Waals surface area contributed by atoms with Crippen molar-refractivity contribution in [3.8, 4) is 0 Å². The number of carbonyl (C=O) groups excluding carboxylic acids is 1. The Morgan fingerprint density at radius 2 is 2.23 bits per heavy atom. The molecule has 0 aliphatic heterocycles. The zero-order chi connectivity index (χ0) is 10.0. The summed E-state index contributed by atoms with van der Waals surface area (Å²) in [5, 5.41) is 0.0475. The summed E-state index contributed by atoms with van der Waals surface area (Å²) in [6, 6.07) is 1.22. The summed E-state index contributed by atoms with van der Waals surface area (Å²) >= 11 is 8.41. The van der Waals surface area contributed by atoms with Crippen molar-refractivity contribution in [2.75, 3.05) is 0 Å². The van der Waals surface area contributed by atoms with E-state index in [-0.39, 0.29) is 15.2 Å². The Kier molecular flexibility index (Phi) is 3.33. The molecule has 0 N–H and O–H groups in total. The molecule has 0 unspecified atom stereocenters. The Hall–Kier alpha value is -0.550. The van der Waals surface area contributed by atoms with Crippen molar-refractivity contribution in [1.29, 1.82) is 0 Å². The molecule has 1 aromatic rings. The molecule has 0 amide bonds. The number of aromatic nitrogens is 1. The molecule has 0 saturated heterocycles. The standard InChI is InChI=1S/C7H3BrClF2NO/c8-3-1-4(9)5(2-13)12-6(3)7(10)11/h1-2,7H. The number of hydrogen-bond donors (Lipinski definition) is 0. The van der Waals surface area contributed by atoms with Gasteiger partial charge in [0.25, 0.3) is 6.43 Å². The Balaban J connectivity index is 3.30. The summed E-state index contributed by atoms with van der Waals surface area (Å²) < 4.78 is 24.5. The van der Waals surface area contributed by atoms with Gasteiger partial charge in [-0.15, -0.1) is 0 Å². The van der Waals surface area contributed by atoms with Crippen LogP contribution in [0.3, 0.4) is 0 Å². The van der Waals surface area contributed by atoms with E-state index in [4.69, 9.17) is 11.6 Å². The van der Waals surface area contributed by atoms with Gasteiger partial charge in [0, 0.05) is 4.47 Å². The number of nitrogens with zero attached hydrogens (tertiary/aromatic N) is 1. The lowest BCUT2D eigenvalue weighted by molar-refractivity contribution is 0.111. The minimum atomic E-state index is -2.73. The Labute approximate surface area is 86.0 Å². The predicted molar refractivity (Wildman–Crippen MR) is 47.3 cm³/mol. The second-order valence-corrected chi connectivity index (χ2v) is 3.40. The first-order valence-corrected chi connectivity index (χ1v) is 4.32. The van der Waals surface area contributed by atoms with Crippen LogP contribution < -0.4 is 0 Å². The van der Waals surface area contributed by atoms with E-state index in [1.54, 1.807) is 0 Å². The lowest BCUT2D eigenvalue weighted by Crippen LogP contribution is -1.97. The molecule has 1 heterocycles. The van der Waals surface area contributed by atoms with Gasteiger partial charge >= 0.3 is 0 Å². The van der Waals surface area contributed by atoms with Gasteiger partial charge in [-0.1, -0.05) is 11.6 Å². The lowest BCUT2D eigenvalue weighted by Gasteiger charge is -2.03. The van der Waals surface area contributed by atoms with Crippen LogP contribution in [0.15, 0.2) is 10.5 Å². The summed E-state index contributed by atoms with van der Waals surface area (Å²) in [6.07, 6.45) is -2.40. The largest absolute Gasteiger partial charge is 0.296 e. The van der Waals surface area contributed by atoms with Crippen molar-refractivity contribution in [1.82, 2.24) is 4.98 Å². The maximum atomic E-state index is 12.2. The molecule has 1 rings (SSSR count). The lowest BCUT2D eigenvalue weighted by atomic mass is 10.3. The maximum Gasteiger partial charge on any atom is 0.281 e. The van der Waals surface area contributed by atoms with Gasteiger partial charge in [0.15, 0.2) is 6.29 Å². The quantitative estimate of drug-likeness (QED) is 0.772. The first kappa shape index (κ1) is 10.5. The van der Waals surface area contributed by atoms with Crippen LogP contribution in [0.2, 0.25) is 5.02 Å². The fourth-order valence-electron chi connectivity index (χ4n) is 0.731. The molecule has 0 spiro atoms. The summed E-state index contributed by atoms with van der Waals surface area (Å²) in [6.45, 7) is 0. The predicted octanol–water partition coefficient (Wildman–Crippen LogP) is 3.25. The van der Waals surface area contributed by atoms with Gasteiger partial charge < -0.3 is 0 Å². The maximum absolute atomic E-state index is 12.2. The molecule has 6 heteroatoms. The van der Waals surface area contributed by atoms with E-state index in [1.807, 2.05) is 0 Å². The number of halogens is 4. The summed E-state index contributed by atoms with van der Waals surface area (Å²) in [5.41, 5.74) is -0.660. The van der Waals surface area contributed by atoms with E-state index in [0.29, 0.717) is 6.29 Å². The van der Waals surface area contributed by atoms with Gasteiger partial charge in [0.1, 0.15) is 11.4 Å². The van der Waals surface area contributed by atoms with Gasteiger partial charge in [0.2, 0.25) is 0 Å². The molecule has 0 fully saturated rings. The highest BCUT2D eigenvalue weighted by Gasteiger charge is 2.16. The smallest absolute Gasteiger partial charge is 0.281 e. The highest BCUT2D eigenvalue weighted by Crippen LogP contribution is 2.28. The van der Waals surface area contributed by atoms with E-state index in [2.05, 4.69) is 20.9 Å². The third kappa shape index (κ3) is 2.22. The fraction of sp³-hybridized carbons (Fsp3) is 0.143. The van der Waals surface area contributed by atoms with Gasteiger partial charge in [-0.25, -0.2) is 13.8 Å². The van der Waals surface area contributed by atoms with Crippen molar-refractivity contribution < 1.29 is 13.6 Å². The van der Waals surface area contributed by atoms with E-state index >= 15 is 0 Å². The van der Waals surface area contributed by atoms with E-state index in [0.717, 1.165) is 0 Å². The third-order valence-corrected chi connectivity index (χ3v) is 2.24. The first-order chi connectivity index (χ1) is 6.06. The number of aldehydes is 1. The second-order valence-electron chi connectivity index (χ2n) is 2.14. The van der Waals surface area contributed by atoms with Crippen LogP contribution in [0, 0.1) is 0 Å². The van der Waals surface area contributed by atoms with Crippen LogP contribution >= 0.6 is 27.5 Å². The normalized spacial score (nSPS) is 10.5. The molecule has 0 radical (unpaired) electrons. The molecule has 0 aliphatic carbocycles. The van der Waals surface area contributed by atoms with Crippen molar-refractivity contribution in [2.45, 2.75) is 6.43 Å². The Morgan fingerprint density at radius 1 is 1.62 bits per heavy atom. The Bertz CT molecular complexity index is 346. The van der Waals surface area contributed by atoms with Gasteiger partial charge in [-0.2, -0.15) is 0 Å². The molecule has 1 aromatic heterocycles. The number of rotatable bonds is 2. The number of pyridine rings is 1. The molecule has 2 nitrogen and oxygen atoms in total. The van der Waals surface area contributed by atoms with Crippen LogP contribution in [0.4, 0.5) is 8.78 Å². The SMILES string of the molecule is O=Cc1nc(C(F)F)c(Br)cc1Cl. The van der Waals surface area contributed by atoms with Crippen LogP contribution in [-0.4, -0.2) is 11.3 Å². The van der Waals surface area contributed by atoms with Crippen molar-refractivity contribution in [3.05, 3.63) is 26.9 Å². The summed E-state index contributed by atoms with van der Waals surface area (Å²) in [4.78, 5) is 13.7. The van der Waals surface area contributed by atoms with Crippen LogP contribution in [0.5, 0.6) is 0 Å². The van der Waals surface area contributed by atoms with E-state index < -0.39 is 12.1 Å². The molecule has 0 saturated carbocycles. The zero-order valence-corrected chi connectivity index (χ0v) is 8.44. The number of carbonyl (C=O) groups is 1. The van der Waals surface area contributed by atoms with Crippen LogP contribution in [-0.2, 0) is 0 Å². The average Bonchev–Trinajstić information content (AvgIpc) is 2.03. The molecule has 13 heavy (non-hydrogen) atoms. The van der Waals surface area contributed by atoms with Crippen molar-refractivity contribution >= 4 is 33.8 Å². The van der Waals surface area contributed by atoms with Gasteiger partial charge in [-0.05, 0) is 22.0 Å². The van der Waals surface area contributed by atoms with Gasteiger partial charge in [-0.3, -0.25) is 4.79 Å². The molecule has 0 bridgehead atoms. The molecular weight excluding hydrogens is 267 g/mol. The topological polar surface area (TPSA) is 30.0 Å². The molecule has 0 atom stereocenters. The number of hydrogen-bond acceptors (Lipinski definition) is 2. The van der Waals surface area contributed by atoms with E-state index in [1.165, 1.54) is 6.07 Å². The number of alkyl halides is 2. The van der Waals surface area contributed by atoms with Crippen LogP contribution in [0.25, 0.3) is 0 Å². The average molecular weight is 270 g/mol.